The lowest BCUT2D eigenvalue weighted by atomic mass is 9.82. The van der Waals surface area contributed by atoms with Crippen molar-refractivity contribution in [3.63, 3.8) is 0 Å². The highest BCUT2D eigenvalue weighted by molar-refractivity contribution is 5.12. The number of aromatic amines is 1. The average Bonchev–Trinajstić information content (AvgIpc) is 2.89. The molecule has 0 aliphatic carbocycles. The maximum atomic E-state index is 5.67. The minimum atomic E-state index is 0.349. The lowest BCUT2D eigenvalue weighted by Gasteiger charge is -2.63. The number of likely N-dealkylation sites (tertiary alicyclic amines) is 1. The van der Waals surface area contributed by atoms with Crippen molar-refractivity contribution < 1.29 is 4.74 Å². The highest BCUT2D eigenvalue weighted by Gasteiger charge is 2.53. The van der Waals surface area contributed by atoms with Crippen LogP contribution >= 0.6 is 0 Å². The van der Waals surface area contributed by atoms with Crippen molar-refractivity contribution in [3.05, 3.63) is 18.2 Å². The van der Waals surface area contributed by atoms with Gasteiger partial charge in [0.2, 0.25) is 0 Å². The van der Waals surface area contributed by atoms with Crippen LogP contribution in [0.1, 0.15) is 5.69 Å². The summed E-state index contributed by atoms with van der Waals surface area (Å²) in [6.07, 6.45) is 3.69. The molecule has 0 amide bonds. The van der Waals surface area contributed by atoms with Crippen LogP contribution < -0.4 is 0 Å². The van der Waals surface area contributed by atoms with Gasteiger partial charge in [0.15, 0.2) is 0 Å². The number of ether oxygens (including phenoxy) is 1. The van der Waals surface area contributed by atoms with Crippen LogP contribution in [-0.4, -0.2) is 89.2 Å². The molecular weight excluding hydrogens is 254 g/mol. The standard InChI is InChI=1S/C14H23N5O/c1-17-6-13-7-20-3-2-19(13)14(8-17)9-18(10-14)5-12-4-15-11-16-12/h4,11,13H,2-3,5-10H2,1H3,(H,15,16). The van der Waals surface area contributed by atoms with Crippen molar-refractivity contribution in [2.24, 2.45) is 0 Å². The van der Waals surface area contributed by atoms with Crippen molar-refractivity contribution >= 4 is 0 Å². The van der Waals surface area contributed by atoms with Crippen molar-refractivity contribution in [2.45, 2.75) is 18.1 Å². The zero-order valence-corrected chi connectivity index (χ0v) is 12.1. The highest BCUT2D eigenvalue weighted by Crippen LogP contribution is 2.35. The number of nitrogens with zero attached hydrogens (tertiary/aromatic N) is 4. The molecule has 6 heteroatoms. The smallest absolute Gasteiger partial charge is 0.0922 e. The molecule has 6 nitrogen and oxygen atoms in total. The van der Waals surface area contributed by atoms with E-state index in [0.29, 0.717) is 11.6 Å². The summed E-state index contributed by atoms with van der Waals surface area (Å²) in [6.45, 7) is 8.51. The normalized spacial score (nSPS) is 31.1. The van der Waals surface area contributed by atoms with Crippen LogP contribution in [0.25, 0.3) is 0 Å². The van der Waals surface area contributed by atoms with Gasteiger partial charge in [0, 0.05) is 57.2 Å². The van der Waals surface area contributed by atoms with Gasteiger partial charge >= 0.3 is 0 Å². The number of piperazine rings is 1. The second-order valence-electron chi connectivity index (χ2n) is 6.57. The molecule has 20 heavy (non-hydrogen) atoms. The monoisotopic (exact) mass is 277 g/mol. The summed E-state index contributed by atoms with van der Waals surface area (Å²) in [6, 6.07) is 0.580. The van der Waals surface area contributed by atoms with Gasteiger partial charge in [0.1, 0.15) is 0 Å². The Bertz CT molecular complexity index is 456. The zero-order chi connectivity index (χ0) is 13.6. The summed E-state index contributed by atoms with van der Waals surface area (Å²) in [5.74, 6) is 0. The van der Waals surface area contributed by atoms with Crippen molar-refractivity contribution in [1.29, 1.82) is 0 Å². The lowest BCUT2D eigenvalue weighted by Crippen LogP contribution is -2.80. The Kier molecular flexibility index (Phi) is 3.07. The van der Waals surface area contributed by atoms with Crippen molar-refractivity contribution in [1.82, 2.24) is 24.7 Å². The van der Waals surface area contributed by atoms with Crippen LogP contribution in [0.3, 0.4) is 0 Å². The van der Waals surface area contributed by atoms with Crippen LogP contribution in [0.4, 0.5) is 0 Å². The molecule has 1 N–H and O–H groups in total. The highest BCUT2D eigenvalue weighted by atomic mass is 16.5. The number of aromatic nitrogens is 2. The van der Waals surface area contributed by atoms with Gasteiger partial charge in [-0.2, -0.15) is 0 Å². The Labute approximate surface area is 119 Å². The first-order valence-corrected chi connectivity index (χ1v) is 7.48. The lowest BCUT2D eigenvalue weighted by molar-refractivity contribution is -0.163. The van der Waals surface area contributed by atoms with E-state index in [1.165, 1.54) is 12.2 Å². The van der Waals surface area contributed by atoms with Crippen LogP contribution in [0.2, 0.25) is 0 Å². The fourth-order valence-electron chi connectivity index (χ4n) is 4.24. The van der Waals surface area contributed by atoms with Gasteiger partial charge in [-0.25, -0.2) is 4.98 Å². The molecule has 3 aliphatic rings. The molecule has 0 radical (unpaired) electrons. The topological polar surface area (TPSA) is 47.6 Å². The molecule has 3 aliphatic heterocycles. The van der Waals surface area contributed by atoms with Gasteiger partial charge in [-0.05, 0) is 7.05 Å². The van der Waals surface area contributed by atoms with E-state index >= 15 is 0 Å². The Morgan fingerprint density at radius 1 is 1.45 bits per heavy atom. The number of rotatable bonds is 2. The fourth-order valence-corrected chi connectivity index (χ4v) is 4.24. The maximum absolute atomic E-state index is 5.67. The number of H-pyrrole nitrogens is 1. The van der Waals surface area contributed by atoms with Gasteiger partial charge in [0.05, 0.1) is 25.1 Å². The molecule has 3 saturated heterocycles. The van der Waals surface area contributed by atoms with Gasteiger partial charge in [-0.15, -0.1) is 0 Å². The number of hydrogen-bond donors (Lipinski definition) is 1. The average molecular weight is 277 g/mol. The number of nitrogens with one attached hydrogen (secondary N) is 1. The zero-order valence-electron chi connectivity index (χ0n) is 12.1. The Morgan fingerprint density at radius 2 is 2.35 bits per heavy atom. The van der Waals surface area contributed by atoms with E-state index in [2.05, 4.69) is 31.7 Å². The number of morpholine rings is 1. The quantitative estimate of drug-likeness (QED) is 0.798. The first kappa shape index (κ1) is 12.8. The third-order valence-electron chi connectivity index (χ3n) is 4.91. The second-order valence-corrected chi connectivity index (χ2v) is 6.57. The minimum Gasteiger partial charge on any atom is -0.378 e. The molecule has 0 saturated carbocycles. The van der Waals surface area contributed by atoms with Crippen LogP contribution in [-0.2, 0) is 11.3 Å². The maximum Gasteiger partial charge on any atom is 0.0922 e. The van der Waals surface area contributed by atoms with Gasteiger partial charge in [-0.1, -0.05) is 0 Å². The second kappa shape index (κ2) is 4.80. The minimum absolute atomic E-state index is 0.349. The van der Waals surface area contributed by atoms with E-state index < -0.39 is 0 Å². The molecule has 4 heterocycles. The SMILES string of the molecule is CN1CC2COCCN2C2(C1)CN(Cc1cnc[nH]1)C2. The Balaban J connectivity index is 1.44. The summed E-state index contributed by atoms with van der Waals surface area (Å²) >= 11 is 0. The fraction of sp³-hybridized carbons (Fsp3) is 0.786. The van der Waals surface area contributed by atoms with E-state index in [4.69, 9.17) is 4.74 Å². The molecule has 1 unspecified atom stereocenters. The van der Waals surface area contributed by atoms with Crippen molar-refractivity contribution in [3.8, 4) is 0 Å². The molecule has 1 spiro atoms. The summed E-state index contributed by atoms with van der Waals surface area (Å²) in [5, 5.41) is 0. The Hall–Kier alpha value is -0.950. The number of imidazole rings is 1. The van der Waals surface area contributed by atoms with Crippen LogP contribution in [0.5, 0.6) is 0 Å². The predicted octanol–water partition coefficient (Wildman–Crippen LogP) is -0.390. The van der Waals surface area contributed by atoms with E-state index in [0.717, 1.165) is 45.9 Å². The number of fused-ring (bicyclic) bond motifs is 2. The van der Waals surface area contributed by atoms with Gasteiger partial charge in [0.25, 0.3) is 0 Å². The van der Waals surface area contributed by atoms with Crippen molar-refractivity contribution in [2.75, 3.05) is 53.0 Å². The molecule has 1 aromatic heterocycles. The summed E-state index contributed by atoms with van der Waals surface area (Å²) in [7, 11) is 2.24. The molecule has 0 bridgehead atoms. The largest absolute Gasteiger partial charge is 0.378 e. The van der Waals surface area contributed by atoms with Crippen LogP contribution in [0.15, 0.2) is 12.5 Å². The third-order valence-corrected chi connectivity index (χ3v) is 4.91. The Morgan fingerprint density at radius 3 is 3.15 bits per heavy atom. The van der Waals surface area contributed by atoms with E-state index in [9.17, 15) is 0 Å². The molecular formula is C14H23N5O. The summed E-state index contributed by atoms with van der Waals surface area (Å²) in [4.78, 5) is 15.0. The van der Waals surface area contributed by atoms with Gasteiger partial charge in [-0.3, -0.25) is 9.80 Å². The summed E-state index contributed by atoms with van der Waals surface area (Å²) < 4.78 is 5.67. The summed E-state index contributed by atoms with van der Waals surface area (Å²) in [5.41, 5.74) is 1.56. The molecule has 1 atom stereocenters. The van der Waals surface area contributed by atoms with E-state index in [1.54, 1.807) is 6.33 Å². The third kappa shape index (κ3) is 2.07. The number of likely N-dealkylation sites (N-methyl/N-ethyl adjacent to an activating group) is 1. The van der Waals surface area contributed by atoms with E-state index in [1.807, 2.05) is 6.20 Å². The van der Waals surface area contributed by atoms with E-state index in [-0.39, 0.29) is 0 Å². The molecule has 3 fully saturated rings. The predicted molar refractivity (Wildman–Crippen MR) is 75.4 cm³/mol. The molecule has 110 valence electrons. The number of hydrogen-bond acceptors (Lipinski definition) is 5. The molecule has 0 aromatic carbocycles. The first-order chi connectivity index (χ1) is 9.75. The molecule has 4 rings (SSSR count). The van der Waals surface area contributed by atoms with Gasteiger partial charge < -0.3 is 14.6 Å². The van der Waals surface area contributed by atoms with Crippen LogP contribution in [0, 0.1) is 0 Å². The first-order valence-electron chi connectivity index (χ1n) is 7.48. The molecule has 1 aromatic rings.